The summed E-state index contributed by atoms with van der Waals surface area (Å²) in [6.07, 6.45) is 93.6. The van der Waals surface area contributed by atoms with E-state index in [-0.39, 0.29) is 31.1 Å². The SMILES string of the molecule is CCCCC/C=C\C/C=C\CCCCCCCC(=O)OCC(COC(=O)CCCCCCCCCCCCCCCCCC/C=C\C/C=C\C/C=C\CCCCCCC)OC(=O)CCCCCCCCCCC/C=C\CCCCCCCC. The first-order valence-corrected chi connectivity index (χ1v) is 36.4. The average molecular weight is 1160 g/mol. The van der Waals surface area contributed by atoms with E-state index < -0.39 is 6.10 Å². The van der Waals surface area contributed by atoms with Crippen LogP contribution in [0.4, 0.5) is 0 Å². The van der Waals surface area contributed by atoms with Gasteiger partial charge in [0.1, 0.15) is 13.2 Å². The van der Waals surface area contributed by atoms with Gasteiger partial charge in [0.25, 0.3) is 0 Å². The molecule has 0 saturated heterocycles. The number of hydrogen-bond acceptors (Lipinski definition) is 6. The lowest BCUT2D eigenvalue weighted by Gasteiger charge is -2.18. The molecule has 0 aromatic rings. The zero-order valence-electron chi connectivity index (χ0n) is 55.5. The van der Waals surface area contributed by atoms with Crippen LogP contribution in [0.1, 0.15) is 380 Å². The molecule has 6 heteroatoms. The van der Waals surface area contributed by atoms with Crippen LogP contribution in [0.5, 0.6) is 0 Å². The minimum absolute atomic E-state index is 0.0775. The average Bonchev–Trinajstić information content (AvgIpc) is 3.50. The zero-order valence-corrected chi connectivity index (χ0v) is 55.5. The van der Waals surface area contributed by atoms with Crippen molar-refractivity contribution >= 4 is 17.9 Å². The third-order valence-corrected chi connectivity index (χ3v) is 16.2. The van der Waals surface area contributed by atoms with Crippen molar-refractivity contribution in [2.75, 3.05) is 13.2 Å². The van der Waals surface area contributed by atoms with Crippen molar-refractivity contribution in [3.63, 3.8) is 0 Å². The third kappa shape index (κ3) is 69.5. The Morgan fingerprint density at radius 1 is 0.241 bits per heavy atom. The first-order valence-electron chi connectivity index (χ1n) is 36.4. The highest BCUT2D eigenvalue weighted by atomic mass is 16.6. The van der Waals surface area contributed by atoms with Gasteiger partial charge in [-0.15, -0.1) is 0 Å². The van der Waals surface area contributed by atoms with E-state index in [1.54, 1.807) is 0 Å². The molecule has 0 bridgehead atoms. The van der Waals surface area contributed by atoms with E-state index in [1.807, 2.05) is 0 Å². The molecule has 0 aromatic carbocycles. The number of unbranched alkanes of at least 4 members (excludes halogenated alkanes) is 44. The van der Waals surface area contributed by atoms with Crippen LogP contribution < -0.4 is 0 Å². The monoisotopic (exact) mass is 1160 g/mol. The van der Waals surface area contributed by atoms with E-state index in [4.69, 9.17) is 14.2 Å². The van der Waals surface area contributed by atoms with Crippen LogP contribution >= 0.6 is 0 Å². The van der Waals surface area contributed by atoms with Gasteiger partial charge in [0.05, 0.1) is 0 Å². The third-order valence-electron chi connectivity index (χ3n) is 16.2. The Bertz CT molecular complexity index is 1520. The Morgan fingerprint density at radius 2 is 0.434 bits per heavy atom. The molecule has 0 N–H and O–H groups in total. The second-order valence-electron chi connectivity index (χ2n) is 24.5. The molecule has 0 aliphatic carbocycles. The van der Waals surface area contributed by atoms with Gasteiger partial charge < -0.3 is 14.2 Å². The van der Waals surface area contributed by atoms with Crippen molar-refractivity contribution in [2.24, 2.45) is 0 Å². The lowest BCUT2D eigenvalue weighted by atomic mass is 10.0. The largest absolute Gasteiger partial charge is 0.462 e. The number of allylic oxidation sites excluding steroid dienone is 12. The summed E-state index contributed by atoms with van der Waals surface area (Å²) in [6, 6.07) is 0. The molecule has 0 amide bonds. The molecular weight excluding hydrogens is 1020 g/mol. The van der Waals surface area contributed by atoms with Gasteiger partial charge in [-0.1, -0.05) is 318 Å². The second kappa shape index (κ2) is 71.3. The molecule has 0 fully saturated rings. The van der Waals surface area contributed by atoms with E-state index >= 15 is 0 Å². The van der Waals surface area contributed by atoms with Crippen LogP contribution in [0, 0.1) is 0 Å². The van der Waals surface area contributed by atoms with Crippen molar-refractivity contribution in [3.8, 4) is 0 Å². The molecule has 0 aliphatic rings. The Morgan fingerprint density at radius 3 is 0.711 bits per heavy atom. The topological polar surface area (TPSA) is 78.9 Å². The van der Waals surface area contributed by atoms with Crippen molar-refractivity contribution in [2.45, 2.75) is 386 Å². The van der Waals surface area contributed by atoms with E-state index in [0.29, 0.717) is 19.3 Å². The minimum Gasteiger partial charge on any atom is -0.462 e. The molecule has 0 radical (unpaired) electrons. The molecule has 83 heavy (non-hydrogen) atoms. The van der Waals surface area contributed by atoms with Gasteiger partial charge in [-0.25, -0.2) is 0 Å². The van der Waals surface area contributed by atoms with Crippen LogP contribution in [-0.2, 0) is 28.6 Å². The number of esters is 3. The van der Waals surface area contributed by atoms with Crippen LogP contribution in [0.3, 0.4) is 0 Å². The summed E-state index contributed by atoms with van der Waals surface area (Å²) >= 11 is 0. The van der Waals surface area contributed by atoms with Gasteiger partial charge in [0, 0.05) is 19.3 Å². The minimum atomic E-state index is -0.783. The van der Waals surface area contributed by atoms with Gasteiger partial charge in [0.2, 0.25) is 0 Å². The van der Waals surface area contributed by atoms with Crippen molar-refractivity contribution in [3.05, 3.63) is 72.9 Å². The molecule has 0 heterocycles. The van der Waals surface area contributed by atoms with E-state index in [1.165, 1.54) is 250 Å². The molecule has 1 unspecified atom stereocenters. The van der Waals surface area contributed by atoms with Crippen molar-refractivity contribution in [1.29, 1.82) is 0 Å². The summed E-state index contributed by atoms with van der Waals surface area (Å²) in [5, 5.41) is 0. The van der Waals surface area contributed by atoms with E-state index in [0.717, 1.165) is 89.9 Å². The van der Waals surface area contributed by atoms with Gasteiger partial charge in [-0.2, -0.15) is 0 Å². The van der Waals surface area contributed by atoms with Gasteiger partial charge >= 0.3 is 17.9 Å². The standard InChI is InChI=1S/C77H138O6/c1-4-7-10-13-16-19-22-25-28-30-32-33-34-35-36-37-38-39-40-41-42-43-45-46-49-52-55-58-61-64-67-70-76(79)82-73-74(72-81-75(78)69-66-63-60-57-54-51-48-27-24-21-18-15-12-9-6-3)83-77(80)71-68-65-62-59-56-53-50-47-44-31-29-26-23-20-17-14-11-8-5-2/h18,21-22,25-27,29-30,32,34-35,48,74H,4-17,19-20,23-24,28,31,33,36-47,49-73H2,1-3H3/b21-18-,25-22-,29-26-,32-30-,35-34-,48-27-. The number of carbonyl (C=O) groups excluding carboxylic acids is 3. The summed E-state index contributed by atoms with van der Waals surface area (Å²) in [5.41, 5.74) is 0. The van der Waals surface area contributed by atoms with Crippen LogP contribution in [0.2, 0.25) is 0 Å². The number of hydrogen-bond donors (Lipinski definition) is 0. The zero-order chi connectivity index (χ0) is 59.9. The predicted molar refractivity (Wildman–Crippen MR) is 362 cm³/mol. The fourth-order valence-corrected chi connectivity index (χ4v) is 10.7. The fourth-order valence-electron chi connectivity index (χ4n) is 10.7. The number of carbonyl (C=O) groups is 3. The lowest BCUT2D eigenvalue weighted by molar-refractivity contribution is -0.167. The van der Waals surface area contributed by atoms with Crippen LogP contribution in [0.15, 0.2) is 72.9 Å². The van der Waals surface area contributed by atoms with E-state index in [9.17, 15) is 14.4 Å². The molecule has 1 atom stereocenters. The maximum absolute atomic E-state index is 13.0. The van der Waals surface area contributed by atoms with Crippen LogP contribution in [-0.4, -0.2) is 37.2 Å². The normalized spacial score (nSPS) is 12.5. The maximum Gasteiger partial charge on any atom is 0.306 e. The first-order chi connectivity index (χ1) is 41.0. The molecule has 0 aliphatic heterocycles. The van der Waals surface area contributed by atoms with Gasteiger partial charge in [-0.05, 0) is 116 Å². The highest BCUT2D eigenvalue weighted by Gasteiger charge is 2.19. The molecule has 0 rings (SSSR count). The highest BCUT2D eigenvalue weighted by molar-refractivity contribution is 5.71. The lowest BCUT2D eigenvalue weighted by Crippen LogP contribution is -2.30. The quantitative estimate of drug-likeness (QED) is 0.0261. The Hall–Kier alpha value is -3.15. The smallest absolute Gasteiger partial charge is 0.306 e. The van der Waals surface area contributed by atoms with Crippen molar-refractivity contribution in [1.82, 2.24) is 0 Å². The van der Waals surface area contributed by atoms with Gasteiger partial charge in [0.15, 0.2) is 6.10 Å². The van der Waals surface area contributed by atoms with E-state index in [2.05, 4.69) is 93.7 Å². The number of rotatable bonds is 67. The molecular formula is C77H138O6. The molecule has 6 nitrogen and oxygen atoms in total. The fraction of sp³-hybridized carbons (Fsp3) is 0.805. The molecule has 0 spiro atoms. The summed E-state index contributed by atoms with van der Waals surface area (Å²) < 4.78 is 17.0. The Kier molecular flexibility index (Phi) is 68.6. The Balaban J connectivity index is 4.24. The molecule has 0 saturated carbocycles. The highest BCUT2D eigenvalue weighted by Crippen LogP contribution is 2.18. The van der Waals surface area contributed by atoms with Crippen molar-refractivity contribution < 1.29 is 28.6 Å². The number of ether oxygens (including phenoxy) is 3. The summed E-state index contributed by atoms with van der Waals surface area (Å²) in [7, 11) is 0. The summed E-state index contributed by atoms with van der Waals surface area (Å²) in [5.74, 6) is -0.873. The molecule has 482 valence electrons. The second-order valence-corrected chi connectivity index (χ2v) is 24.5. The first kappa shape index (κ1) is 79.8. The Labute approximate surface area is 516 Å². The maximum atomic E-state index is 13.0. The summed E-state index contributed by atoms with van der Waals surface area (Å²) in [6.45, 7) is 6.64. The summed E-state index contributed by atoms with van der Waals surface area (Å²) in [4.78, 5) is 38.5. The van der Waals surface area contributed by atoms with Gasteiger partial charge in [-0.3, -0.25) is 14.4 Å². The predicted octanol–water partition coefficient (Wildman–Crippen LogP) is 25.2. The molecule has 0 aromatic heterocycles. The van der Waals surface area contributed by atoms with Crippen LogP contribution in [0.25, 0.3) is 0 Å².